The maximum absolute atomic E-state index is 11.3. The molecule has 0 saturated heterocycles. The molecule has 0 aliphatic carbocycles. The number of pyridine rings is 1. The molecule has 1 aromatic carbocycles. The van der Waals surface area contributed by atoms with Gasteiger partial charge in [-0.15, -0.1) is 0 Å². The van der Waals surface area contributed by atoms with Gasteiger partial charge in [-0.05, 0) is 12.1 Å². The van der Waals surface area contributed by atoms with Gasteiger partial charge in [-0.25, -0.2) is 8.42 Å². The fourth-order valence-electron chi connectivity index (χ4n) is 1.34. The Morgan fingerprint density at radius 2 is 2.00 bits per heavy atom. The molecule has 0 atom stereocenters. The van der Waals surface area contributed by atoms with Crippen molar-refractivity contribution in [3.8, 4) is 0 Å². The molecule has 1 aromatic heterocycles. The third-order valence-electron chi connectivity index (χ3n) is 2.11. The van der Waals surface area contributed by atoms with Crippen LogP contribution in [0.5, 0.6) is 0 Å². The summed E-state index contributed by atoms with van der Waals surface area (Å²) in [6.07, 6.45) is 4.31. The number of aromatic nitrogens is 1. The van der Waals surface area contributed by atoms with E-state index in [2.05, 4.69) is 4.98 Å². The monoisotopic (exact) mass is 241 g/mol. The van der Waals surface area contributed by atoms with Gasteiger partial charge in [-0.1, -0.05) is 17.7 Å². The van der Waals surface area contributed by atoms with E-state index in [0.29, 0.717) is 10.4 Å². The van der Waals surface area contributed by atoms with Gasteiger partial charge in [0.15, 0.2) is 9.84 Å². The van der Waals surface area contributed by atoms with Gasteiger partial charge in [0.1, 0.15) is 0 Å². The molecule has 0 aliphatic heterocycles. The molecule has 0 spiro atoms. The lowest BCUT2D eigenvalue weighted by molar-refractivity contribution is 0.602. The Bertz CT molecular complexity index is 622. The van der Waals surface area contributed by atoms with Crippen LogP contribution in [0.3, 0.4) is 0 Å². The minimum Gasteiger partial charge on any atom is -0.263 e. The molecule has 0 aliphatic rings. The molecule has 0 saturated carbocycles. The summed E-state index contributed by atoms with van der Waals surface area (Å²) in [6, 6.07) is 4.81. The fraction of sp³-hybridized carbons (Fsp3) is 0.100. The summed E-state index contributed by atoms with van der Waals surface area (Å²) in [5, 5.41) is 1.99. The van der Waals surface area contributed by atoms with Crippen LogP contribution in [-0.4, -0.2) is 19.7 Å². The second-order valence-electron chi connectivity index (χ2n) is 3.28. The van der Waals surface area contributed by atoms with Crippen LogP contribution < -0.4 is 0 Å². The third-order valence-corrected chi connectivity index (χ3v) is 3.52. The lowest BCUT2D eigenvalue weighted by atomic mass is 10.2. The van der Waals surface area contributed by atoms with Crippen molar-refractivity contribution in [2.45, 2.75) is 4.90 Å². The van der Waals surface area contributed by atoms with Gasteiger partial charge in [-0.2, -0.15) is 0 Å². The van der Waals surface area contributed by atoms with E-state index in [1.807, 2.05) is 0 Å². The Morgan fingerprint density at radius 3 is 2.67 bits per heavy atom. The Hall–Kier alpha value is -1.13. The normalized spacial score (nSPS) is 11.9. The van der Waals surface area contributed by atoms with E-state index in [4.69, 9.17) is 11.6 Å². The highest BCUT2D eigenvalue weighted by atomic mass is 35.5. The average Bonchev–Trinajstić information content (AvgIpc) is 2.16. The van der Waals surface area contributed by atoms with Crippen LogP contribution in [0, 0.1) is 0 Å². The quantitative estimate of drug-likeness (QED) is 0.770. The molecule has 2 rings (SSSR count). The van der Waals surface area contributed by atoms with E-state index in [0.717, 1.165) is 5.39 Å². The molecule has 0 N–H and O–H groups in total. The standard InChI is InChI=1S/C10H8ClNO2S/c1-15(13,14)8-3-2-7-5-12-6-10(11)9(7)4-8/h2-6H,1H3. The van der Waals surface area contributed by atoms with Crippen LogP contribution in [0.15, 0.2) is 35.5 Å². The van der Waals surface area contributed by atoms with Crippen molar-refractivity contribution in [3.05, 3.63) is 35.6 Å². The number of benzene rings is 1. The largest absolute Gasteiger partial charge is 0.263 e. The number of hydrogen-bond acceptors (Lipinski definition) is 3. The number of halogens is 1. The molecular weight excluding hydrogens is 234 g/mol. The summed E-state index contributed by atoms with van der Waals surface area (Å²) in [4.78, 5) is 4.19. The van der Waals surface area contributed by atoms with E-state index in [-0.39, 0.29) is 4.90 Å². The summed E-state index contributed by atoms with van der Waals surface area (Å²) < 4.78 is 22.7. The lowest BCUT2D eigenvalue weighted by Crippen LogP contribution is -1.96. The average molecular weight is 242 g/mol. The minimum atomic E-state index is -3.19. The number of rotatable bonds is 1. The Kier molecular flexibility index (Phi) is 2.40. The molecule has 3 nitrogen and oxygen atoms in total. The van der Waals surface area contributed by atoms with E-state index in [9.17, 15) is 8.42 Å². The number of nitrogens with zero attached hydrogens (tertiary/aromatic N) is 1. The summed E-state index contributed by atoms with van der Waals surface area (Å²) in [5.41, 5.74) is 0. The Labute approximate surface area is 92.6 Å². The molecule has 0 amide bonds. The molecule has 2 aromatic rings. The predicted molar refractivity (Wildman–Crippen MR) is 59.9 cm³/mol. The maximum Gasteiger partial charge on any atom is 0.175 e. The highest BCUT2D eigenvalue weighted by molar-refractivity contribution is 7.90. The molecular formula is C10H8ClNO2S. The van der Waals surface area contributed by atoms with Gasteiger partial charge in [0.25, 0.3) is 0 Å². The van der Waals surface area contributed by atoms with Crippen LogP contribution in [-0.2, 0) is 9.84 Å². The zero-order valence-corrected chi connectivity index (χ0v) is 9.51. The topological polar surface area (TPSA) is 47.0 Å². The van der Waals surface area contributed by atoms with Gasteiger partial charge in [0, 0.05) is 29.4 Å². The van der Waals surface area contributed by atoms with Gasteiger partial charge < -0.3 is 0 Å². The summed E-state index contributed by atoms with van der Waals surface area (Å²) in [7, 11) is -3.19. The van der Waals surface area contributed by atoms with Crippen molar-refractivity contribution in [1.29, 1.82) is 0 Å². The minimum absolute atomic E-state index is 0.267. The predicted octanol–water partition coefficient (Wildman–Crippen LogP) is 2.29. The highest BCUT2D eigenvalue weighted by Crippen LogP contribution is 2.24. The van der Waals surface area contributed by atoms with Crippen LogP contribution in [0.1, 0.15) is 0 Å². The summed E-state index contributed by atoms with van der Waals surface area (Å²) in [5.74, 6) is 0. The first-order valence-electron chi connectivity index (χ1n) is 4.22. The van der Waals surface area contributed by atoms with Crippen molar-refractivity contribution in [3.63, 3.8) is 0 Å². The molecule has 0 fully saturated rings. The molecule has 5 heteroatoms. The number of hydrogen-bond donors (Lipinski definition) is 0. The van der Waals surface area contributed by atoms with Crippen LogP contribution in [0.4, 0.5) is 0 Å². The zero-order chi connectivity index (χ0) is 11.1. The van der Waals surface area contributed by atoms with Crippen molar-refractivity contribution >= 4 is 32.2 Å². The van der Waals surface area contributed by atoms with Crippen molar-refractivity contribution in [1.82, 2.24) is 4.98 Å². The number of sulfone groups is 1. The van der Waals surface area contributed by atoms with E-state index < -0.39 is 9.84 Å². The van der Waals surface area contributed by atoms with E-state index in [1.54, 1.807) is 24.4 Å². The third kappa shape index (κ3) is 1.96. The molecule has 1 heterocycles. The molecule has 78 valence electrons. The van der Waals surface area contributed by atoms with E-state index >= 15 is 0 Å². The molecule has 0 unspecified atom stereocenters. The van der Waals surface area contributed by atoms with Crippen molar-refractivity contribution in [2.75, 3.05) is 6.26 Å². The van der Waals surface area contributed by atoms with Gasteiger partial charge in [-0.3, -0.25) is 4.98 Å². The molecule has 0 bridgehead atoms. The van der Waals surface area contributed by atoms with Crippen molar-refractivity contribution < 1.29 is 8.42 Å². The zero-order valence-electron chi connectivity index (χ0n) is 7.94. The lowest BCUT2D eigenvalue weighted by Gasteiger charge is -2.02. The summed E-state index contributed by atoms with van der Waals surface area (Å²) >= 11 is 5.92. The second-order valence-corrected chi connectivity index (χ2v) is 5.70. The first-order chi connectivity index (χ1) is 6.98. The van der Waals surface area contributed by atoms with Crippen LogP contribution in [0.25, 0.3) is 10.8 Å². The SMILES string of the molecule is CS(=O)(=O)c1ccc2cncc(Cl)c2c1. The van der Waals surface area contributed by atoms with Crippen LogP contribution >= 0.6 is 11.6 Å². The van der Waals surface area contributed by atoms with Crippen LogP contribution in [0.2, 0.25) is 5.02 Å². The first kappa shape index (κ1) is 10.4. The van der Waals surface area contributed by atoms with Crippen molar-refractivity contribution in [2.24, 2.45) is 0 Å². The molecule has 15 heavy (non-hydrogen) atoms. The Balaban J connectivity index is 2.81. The Morgan fingerprint density at radius 1 is 1.27 bits per heavy atom. The van der Waals surface area contributed by atoms with Gasteiger partial charge >= 0.3 is 0 Å². The maximum atomic E-state index is 11.3. The molecule has 0 radical (unpaired) electrons. The number of fused-ring (bicyclic) bond motifs is 1. The second kappa shape index (κ2) is 3.47. The van der Waals surface area contributed by atoms with Gasteiger partial charge in [0.05, 0.1) is 9.92 Å². The first-order valence-corrected chi connectivity index (χ1v) is 6.49. The highest BCUT2D eigenvalue weighted by Gasteiger charge is 2.08. The van der Waals surface area contributed by atoms with E-state index in [1.165, 1.54) is 12.5 Å². The smallest absolute Gasteiger partial charge is 0.175 e. The van der Waals surface area contributed by atoms with Gasteiger partial charge in [0.2, 0.25) is 0 Å². The fourth-order valence-corrected chi connectivity index (χ4v) is 2.21. The summed E-state index contributed by atoms with van der Waals surface area (Å²) in [6.45, 7) is 0.